The van der Waals surface area contributed by atoms with Crippen LogP contribution in [0.5, 0.6) is 0 Å². The summed E-state index contributed by atoms with van der Waals surface area (Å²) in [6.07, 6.45) is 1.45. The van der Waals surface area contributed by atoms with E-state index in [0.717, 1.165) is 0 Å². The number of hydrogen-bond donors (Lipinski definition) is 1. The monoisotopic (exact) mass is 188 g/mol. The second-order valence-electron chi connectivity index (χ2n) is 2.93. The molecule has 0 atom stereocenters. The average molecular weight is 188 g/mol. The van der Waals surface area contributed by atoms with E-state index >= 15 is 0 Å². The molecule has 0 saturated heterocycles. The summed E-state index contributed by atoms with van der Waals surface area (Å²) in [6.45, 7) is 5.21. The SMILES string of the molecule is CC1=CNC(=NC(C)C)S1(=O)=O. The fourth-order valence-corrected chi connectivity index (χ4v) is 1.89. The molecule has 0 saturated carbocycles. The van der Waals surface area contributed by atoms with Crippen LogP contribution >= 0.6 is 0 Å². The molecule has 1 N–H and O–H groups in total. The molecule has 0 fully saturated rings. The van der Waals surface area contributed by atoms with Crippen LogP contribution in [-0.2, 0) is 9.84 Å². The van der Waals surface area contributed by atoms with Crippen molar-refractivity contribution >= 4 is 15.0 Å². The average Bonchev–Trinajstić information content (AvgIpc) is 2.15. The normalized spacial score (nSPS) is 24.3. The zero-order valence-electron chi connectivity index (χ0n) is 7.33. The highest BCUT2D eigenvalue weighted by Crippen LogP contribution is 2.13. The molecule has 1 aliphatic heterocycles. The van der Waals surface area contributed by atoms with E-state index in [1.165, 1.54) is 6.20 Å². The molecule has 1 rings (SSSR count). The molecule has 4 nitrogen and oxygen atoms in total. The van der Waals surface area contributed by atoms with Gasteiger partial charge in [-0.1, -0.05) is 0 Å². The minimum atomic E-state index is -3.26. The molecule has 0 amide bonds. The molecular weight excluding hydrogens is 176 g/mol. The van der Waals surface area contributed by atoms with E-state index in [9.17, 15) is 8.42 Å². The van der Waals surface area contributed by atoms with Gasteiger partial charge in [-0.15, -0.1) is 0 Å². The molecule has 68 valence electrons. The van der Waals surface area contributed by atoms with Gasteiger partial charge in [0, 0.05) is 12.2 Å². The van der Waals surface area contributed by atoms with E-state index in [1.807, 2.05) is 13.8 Å². The van der Waals surface area contributed by atoms with Gasteiger partial charge in [-0.3, -0.25) is 4.99 Å². The zero-order valence-corrected chi connectivity index (χ0v) is 8.14. The first kappa shape index (κ1) is 9.25. The molecule has 0 aliphatic carbocycles. The van der Waals surface area contributed by atoms with E-state index in [4.69, 9.17) is 0 Å². The molecule has 0 aromatic rings. The second kappa shape index (κ2) is 2.90. The third-order valence-corrected chi connectivity index (χ3v) is 3.15. The Morgan fingerprint density at radius 1 is 1.50 bits per heavy atom. The van der Waals surface area contributed by atoms with Crippen molar-refractivity contribution in [3.8, 4) is 0 Å². The lowest BCUT2D eigenvalue weighted by Crippen LogP contribution is -2.21. The lowest BCUT2D eigenvalue weighted by molar-refractivity contribution is 0.612. The van der Waals surface area contributed by atoms with E-state index in [1.54, 1.807) is 6.92 Å². The van der Waals surface area contributed by atoms with Crippen LogP contribution in [0, 0.1) is 0 Å². The first-order valence-corrected chi connectivity index (χ1v) is 5.19. The van der Waals surface area contributed by atoms with Gasteiger partial charge < -0.3 is 5.32 Å². The molecular formula is C7H12N2O2S. The molecule has 0 radical (unpaired) electrons. The number of sulfone groups is 1. The molecule has 1 heterocycles. The highest BCUT2D eigenvalue weighted by Gasteiger charge is 2.27. The van der Waals surface area contributed by atoms with Gasteiger partial charge in [0.1, 0.15) is 0 Å². The van der Waals surface area contributed by atoms with E-state index in [-0.39, 0.29) is 11.2 Å². The molecule has 1 aliphatic rings. The van der Waals surface area contributed by atoms with Crippen molar-refractivity contribution in [2.45, 2.75) is 26.8 Å². The van der Waals surface area contributed by atoms with Crippen LogP contribution in [0.1, 0.15) is 20.8 Å². The summed E-state index contributed by atoms with van der Waals surface area (Å²) in [6, 6.07) is -0.0124. The van der Waals surface area contributed by atoms with E-state index in [0.29, 0.717) is 4.91 Å². The largest absolute Gasteiger partial charge is 0.336 e. The van der Waals surface area contributed by atoms with Gasteiger partial charge in [0.15, 0.2) is 0 Å². The molecule has 0 aromatic heterocycles. The minimum Gasteiger partial charge on any atom is -0.336 e. The van der Waals surface area contributed by atoms with Gasteiger partial charge in [0.05, 0.1) is 4.91 Å². The first-order valence-electron chi connectivity index (χ1n) is 3.71. The standard InChI is InChI=1S/C7H12N2O2S/c1-5(2)9-7-8-4-6(3)12(7,10)11/h4-5H,1-3H3,(H,8,9). The highest BCUT2D eigenvalue weighted by atomic mass is 32.2. The molecule has 12 heavy (non-hydrogen) atoms. The van der Waals surface area contributed by atoms with Crippen LogP contribution in [0.25, 0.3) is 0 Å². The summed E-state index contributed by atoms with van der Waals surface area (Å²) in [4.78, 5) is 4.27. The Morgan fingerprint density at radius 3 is 2.42 bits per heavy atom. The maximum absolute atomic E-state index is 11.4. The number of hydrogen-bond acceptors (Lipinski definition) is 3. The van der Waals surface area contributed by atoms with Crippen molar-refractivity contribution in [1.82, 2.24) is 5.32 Å². The van der Waals surface area contributed by atoms with Crippen molar-refractivity contribution in [3.63, 3.8) is 0 Å². The molecule has 0 aromatic carbocycles. The van der Waals surface area contributed by atoms with Gasteiger partial charge in [-0.25, -0.2) is 8.42 Å². The maximum atomic E-state index is 11.4. The van der Waals surface area contributed by atoms with Crippen molar-refractivity contribution in [2.24, 2.45) is 4.99 Å². The van der Waals surface area contributed by atoms with Crippen LogP contribution in [0.15, 0.2) is 16.1 Å². The summed E-state index contributed by atoms with van der Waals surface area (Å²) in [5.41, 5.74) is 0. The minimum absolute atomic E-state index is 0.0124. The molecule has 0 spiro atoms. The summed E-state index contributed by atoms with van der Waals surface area (Å²) in [7, 11) is -3.26. The Kier molecular flexibility index (Phi) is 2.23. The Morgan fingerprint density at radius 2 is 2.08 bits per heavy atom. The van der Waals surface area contributed by atoms with Crippen LogP contribution in [-0.4, -0.2) is 19.6 Å². The number of allylic oxidation sites excluding steroid dienone is 1. The number of aliphatic imine (C=N–C) groups is 1. The van der Waals surface area contributed by atoms with Gasteiger partial charge in [-0.05, 0) is 20.8 Å². The Bertz CT molecular complexity index is 338. The third-order valence-electron chi connectivity index (χ3n) is 1.45. The van der Waals surface area contributed by atoms with Crippen LogP contribution in [0.4, 0.5) is 0 Å². The Balaban J connectivity index is 3.05. The summed E-state index contributed by atoms with van der Waals surface area (Å²) in [5, 5.41) is 2.69. The summed E-state index contributed by atoms with van der Waals surface area (Å²) < 4.78 is 22.7. The van der Waals surface area contributed by atoms with Crippen LogP contribution in [0.2, 0.25) is 0 Å². The number of nitrogens with one attached hydrogen (secondary N) is 1. The van der Waals surface area contributed by atoms with Crippen LogP contribution in [0.3, 0.4) is 0 Å². The second-order valence-corrected chi connectivity index (χ2v) is 4.97. The Hall–Kier alpha value is -0.840. The molecule has 5 heteroatoms. The zero-order chi connectivity index (χ0) is 9.35. The quantitative estimate of drug-likeness (QED) is 0.656. The summed E-state index contributed by atoms with van der Waals surface area (Å²) in [5.74, 6) is 0. The topological polar surface area (TPSA) is 58.5 Å². The fraction of sp³-hybridized carbons (Fsp3) is 0.571. The van der Waals surface area contributed by atoms with Gasteiger partial charge in [-0.2, -0.15) is 0 Å². The predicted octanol–water partition coefficient (Wildman–Crippen LogP) is 0.630. The van der Waals surface area contributed by atoms with Crippen molar-refractivity contribution in [3.05, 3.63) is 11.1 Å². The number of rotatable bonds is 1. The maximum Gasteiger partial charge on any atom is 0.236 e. The van der Waals surface area contributed by atoms with Gasteiger partial charge in [0.2, 0.25) is 15.0 Å². The van der Waals surface area contributed by atoms with Gasteiger partial charge in [0.25, 0.3) is 0 Å². The van der Waals surface area contributed by atoms with Crippen molar-refractivity contribution < 1.29 is 8.42 Å². The molecule has 0 bridgehead atoms. The molecule has 0 unspecified atom stereocenters. The third kappa shape index (κ3) is 1.50. The fourth-order valence-electron chi connectivity index (χ4n) is 0.812. The van der Waals surface area contributed by atoms with Crippen molar-refractivity contribution in [2.75, 3.05) is 0 Å². The lowest BCUT2D eigenvalue weighted by atomic mass is 10.4. The lowest BCUT2D eigenvalue weighted by Gasteiger charge is -2.00. The van der Waals surface area contributed by atoms with Crippen molar-refractivity contribution in [1.29, 1.82) is 0 Å². The highest BCUT2D eigenvalue weighted by molar-refractivity contribution is 8.09. The number of nitrogens with zero attached hydrogens (tertiary/aromatic N) is 1. The Labute approximate surface area is 72.3 Å². The first-order chi connectivity index (χ1) is 5.44. The summed E-state index contributed by atoms with van der Waals surface area (Å²) >= 11 is 0. The smallest absolute Gasteiger partial charge is 0.236 e. The van der Waals surface area contributed by atoms with E-state index in [2.05, 4.69) is 10.3 Å². The van der Waals surface area contributed by atoms with E-state index < -0.39 is 9.84 Å². The van der Waals surface area contributed by atoms with Crippen LogP contribution < -0.4 is 5.32 Å². The number of amidine groups is 1. The predicted molar refractivity (Wildman–Crippen MR) is 48.4 cm³/mol. The van der Waals surface area contributed by atoms with Gasteiger partial charge >= 0.3 is 0 Å².